The lowest BCUT2D eigenvalue weighted by Crippen LogP contribution is -2.34. The molecule has 0 saturated carbocycles. The number of amides is 1. The molecule has 1 N–H and O–H groups in total. The van der Waals surface area contributed by atoms with Gasteiger partial charge in [0.05, 0.1) is 29.9 Å². The van der Waals surface area contributed by atoms with Crippen LogP contribution in [0, 0.1) is 11.6 Å². The molecule has 0 radical (unpaired) electrons. The molecule has 0 unspecified atom stereocenters. The minimum atomic E-state index is -4.14. The first-order valence-electron chi connectivity index (χ1n) is 10.8. The predicted molar refractivity (Wildman–Crippen MR) is 138 cm³/mol. The van der Waals surface area contributed by atoms with Crippen LogP contribution in [0.25, 0.3) is 11.3 Å². The number of nitrogens with zero attached hydrogens (tertiary/aromatic N) is 3. The Morgan fingerprint density at radius 1 is 1.05 bits per heavy atom. The number of benzene rings is 3. The Labute approximate surface area is 220 Å². The van der Waals surface area contributed by atoms with Gasteiger partial charge in [0, 0.05) is 21.8 Å². The third-order valence-corrected chi connectivity index (χ3v) is 8.35. The van der Waals surface area contributed by atoms with Crippen molar-refractivity contribution in [2.75, 3.05) is 15.4 Å². The fraction of sp³-hybridized carbons (Fsp3) is 0.0800. The molecule has 0 atom stereocenters. The zero-order chi connectivity index (χ0) is 26.2. The van der Waals surface area contributed by atoms with Crippen molar-refractivity contribution < 1.29 is 22.0 Å². The van der Waals surface area contributed by atoms with E-state index in [4.69, 9.17) is 11.6 Å². The number of anilines is 2. The summed E-state index contributed by atoms with van der Waals surface area (Å²) in [5.74, 6) is -1.52. The Bertz CT molecular complexity index is 1640. The van der Waals surface area contributed by atoms with Gasteiger partial charge < -0.3 is 5.32 Å². The lowest BCUT2D eigenvalue weighted by molar-refractivity contribution is -0.113. The molecule has 0 fully saturated rings. The quantitative estimate of drug-likeness (QED) is 0.248. The van der Waals surface area contributed by atoms with Gasteiger partial charge >= 0.3 is 0 Å². The van der Waals surface area contributed by atoms with Crippen LogP contribution < -0.4 is 9.62 Å². The van der Waals surface area contributed by atoms with E-state index < -0.39 is 27.6 Å². The topological polar surface area (TPSA) is 92.3 Å². The number of carbonyl (C=O) groups is 1. The Kier molecular flexibility index (Phi) is 6.84. The van der Waals surface area contributed by atoms with Crippen LogP contribution in [0.4, 0.5) is 20.2 Å². The molecule has 0 bridgehead atoms. The minimum Gasteiger partial charge on any atom is -0.325 e. The van der Waals surface area contributed by atoms with E-state index in [1.165, 1.54) is 42.6 Å². The van der Waals surface area contributed by atoms with E-state index in [0.29, 0.717) is 22.0 Å². The summed E-state index contributed by atoms with van der Waals surface area (Å²) in [6.07, 6.45) is 1.17. The molecule has 0 aliphatic carbocycles. The predicted octanol–water partition coefficient (Wildman–Crippen LogP) is 5.51. The van der Waals surface area contributed by atoms with Gasteiger partial charge in [-0.15, -0.1) is 0 Å². The van der Waals surface area contributed by atoms with Crippen molar-refractivity contribution in [3.63, 3.8) is 0 Å². The second-order valence-corrected chi connectivity index (χ2v) is 11.2. The molecule has 1 aliphatic heterocycles. The van der Waals surface area contributed by atoms with Gasteiger partial charge in [0.1, 0.15) is 16.5 Å². The van der Waals surface area contributed by atoms with E-state index in [1.807, 2.05) is 0 Å². The SMILES string of the molecule is O=C(CSc1ncc2c(n1)-c1cc(Cl)ccc1N(Cc1ccccc1F)S2(=O)=O)Nc1cccc(F)c1. The zero-order valence-electron chi connectivity index (χ0n) is 18.9. The first-order chi connectivity index (χ1) is 17.7. The smallest absolute Gasteiger partial charge is 0.268 e. The van der Waals surface area contributed by atoms with Crippen LogP contribution in [0.1, 0.15) is 5.56 Å². The Balaban J connectivity index is 1.45. The van der Waals surface area contributed by atoms with Gasteiger partial charge in [-0.3, -0.25) is 9.10 Å². The number of sulfonamides is 1. The fourth-order valence-electron chi connectivity index (χ4n) is 3.81. The Morgan fingerprint density at radius 2 is 1.86 bits per heavy atom. The van der Waals surface area contributed by atoms with Gasteiger partial charge in [-0.25, -0.2) is 27.2 Å². The zero-order valence-corrected chi connectivity index (χ0v) is 21.2. The molecule has 1 aliphatic rings. The molecule has 12 heteroatoms. The standard InChI is InChI=1S/C25H17ClF2N4O3S2/c26-16-8-9-21-19(10-16)24-22(37(34,35)32(21)13-15-4-1-2-7-20(15)28)12-29-25(31-24)36-14-23(33)30-18-6-3-5-17(27)11-18/h1-12H,13-14H2,(H,30,33). The first kappa shape index (κ1) is 25.1. The Hall–Kier alpha value is -3.54. The molecule has 0 saturated heterocycles. The summed E-state index contributed by atoms with van der Waals surface area (Å²) in [4.78, 5) is 20.7. The highest BCUT2D eigenvalue weighted by molar-refractivity contribution is 7.99. The van der Waals surface area contributed by atoms with E-state index >= 15 is 0 Å². The number of rotatable bonds is 6. The largest absolute Gasteiger partial charge is 0.325 e. The van der Waals surface area contributed by atoms with Gasteiger partial charge in [0.2, 0.25) is 5.91 Å². The molecule has 3 aromatic carbocycles. The summed E-state index contributed by atoms with van der Waals surface area (Å²) in [5, 5.41) is 3.10. The summed E-state index contributed by atoms with van der Waals surface area (Å²) in [7, 11) is -4.14. The number of carbonyl (C=O) groups excluding carboxylic acids is 1. The van der Waals surface area contributed by atoms with Crippen molar-refractivity contribution in [1.82, 2.24) is 9.97 Å². The third kappa shape index (κ3) is 5.15. The van der Waals surface area contributed by atoms with Crippen molar-refractivity contribution in [2.24, 2.45) is 0 Å². The van der Waals surface area contributed by atoms with Crippen LogP contribution in [0.15, 0.2) is 83.0 Å². The van der Waals surface area contributed by atoms with Crippen LogP contribution in [0.3, 0.4) is 0 Å². The molecule has 188 valence electrons. The summed E-state index contributed by atoms with van der Waals surface area (Å²) in [6, 6.07) is 16.1. The third-order valence-electron chi connectivity index (χ3n) is 5.50. The molecular weight excluding hydrogens is 542 g/mol. The van der Waals surface area contributed by atoms with Gasteiger partial charge in [0.15, 0.2) is 5.16 Å². The number of halogens is 3. The Morgan fingerprint density at radius 3 is 2.65 bits per heavy atom. The van der Waals surface area contributed by atoms with E-state index in [2.05, 4.69) is 15.3 Å². The maximum atomic E-state index is 14.4. The second kappa shape index (κ2) is 10.1. The lowest BCUT2D eigenvalue weighted by atomic mass is 10.1. The van der Waals surface area contributed by atoms with Crippen LogP contribution in [0.5, 0.6) is 0 Å². The molecule has 4 aromatic rings. The lowest BCUT2D eigenvalue weighted by Gasteiger charge is -2.31. The van der Waals surface area contributed by atoms with Crippen molar-refractivity contribution in [3.8, 4) is 11.3 Å². The molecule has 7 nitrogen and oxygen atoms in total. The van der Waals surface area contributed by atoms with E-state index in [-0.39, 0.29) is 33.6 Å². The molecule has 1 aromatic heterocycles. The fourth-order valence-corrected chi connectivity index (χ4v) is 6.15. The monoisotopic (exact) mass is 558 g/mol. The molecule has 0 spiro atoms. The number of aromatic nitrogens is 2. The normalized spacial score (nSPS) is 13.5. The van der Waals surface area contributed by atoms with Gasteiger partial charge in [0.25, 0.3) is 10.0 Å². The summed E-state index contributed by atoms with van der Waals surface area (Å²) >= 11 is 7.21. The number of nitrogens with one attached hydrogen (secondary N) is 1. The molecule has 2 heterocycles. The highest BCUT2D eigenvalue weighted by Gasteiger charge is 2.37. The van der Waals surface area contributed by atoms with Crippen molar-refractivity contribution in [2.45, 2.75) is 16.6 Å². The summed E-state index contributed by atoms with van der Waals surface area (Å²) in [6.45, 7) is -0.236. The van der Waals surface area contributed by atoms with Crippen molar-refractivity contribution in [1.29, 1.82) is 0 Å². The van der Waals surface area contributed by atoms with Gasteiger partial charge in [-0.1, -0.05) is 47.6 Å². The number of fused-ring (bicyclic) bond motifs is 3. The highest BCUT2D eigenvalue weighted by Crippen LogP contribution is 2.44. The summed E-state index contributed by atoms with van der Waals surface area (Å²) < 4.78 is 56.0. The molecule has 37 heavy (non-hydrogen) atoms. The number of hydrogen-bond acceptors (Lipinski definition) is 6. The maximum absolute atomic E-state index is 14.4. The second-order valence-electron chi connectivity index (χ2n) is 7.98. The van der Waals surface area contributed by atoms with Crippen LogP contribution >= 0.6 is 23.4 Å². The van der Waals surface area contributed by atoms with Crippen molar-refractivity contribution >= 4 is 50.7 Å². The highest BCUT2D eigenvalue weighted by atomic mass is 35.5. The van der Waals surface area contributed by atoms with E-state index in [9.17, 15) is 22.0 Å². The van der Waals surface area contributed by atoms with Crippen LogP contribution in [-0.4, -0.2) is 30.0 Å². The average molecular weight is 559 g/mol. The molecular formula is C25H17ClF2N4O3S2. The van der Waals surface area contributed by atoms with Gasteiger partial charge in [-0.2, -0.15) is 0 Å². The molecule has 5 rings (SSSR count). The van der Waals surface area contributed by atoms with E-state index in [0.717, 1.165) is 16.1 Å². The van der Waals surface area contributed by atoms with Crippen molar-refractivity contribution in [3.05, 3.63) is 95.1 Å². The van der Waals surface area contributed by atoms with Crippen LogP contribution in [-0.2, 0) is 21.4 Å². The minimum absolute atomic E-state index is 0.0934. The van der Waals surface area contributed by atoms with Gasteiger partial charge in [-0.05, 0) is 42.5 Å². The first-order valence-corrected chi connectivity index (χ1v) is 13.6. The maximum Gasteiger partial charge on any atom is 0.268 e. The van der Waals surface area contributed by atoms with Crippen LogP contribution in [0.2, 0.25) is 5.02 Å². The number of hydrogen-bond donors (Lipinski definition) is 1. The van der Waals surface area contributed by atoms with E-state index in [1.54, 1.807) is 30.3 Å². The summed E-state index contributed by atoms with van der Waals surface area (Å²) in [5.41, 5.74) is 1.36. The number of thioether (sulfide) groups is 1. The average Bonchev–Trinajstić information content (AvgIpc) is 2.86. The molecule has 1 amide bonds.